The molecule has 0 unspecified atom stereocenters. The van der Waals surface area contributed by atoms with Crippen molar-refractivity contribution < 1.29 is 18.7 Å². The van der Waals surface area contributed by atoms with Crippen LogP contribution < -0.4 is 10.6 Å². The average molecular weight is 320 g/mol. The standard InChI is InChI=1S/C17H18F2N2O2/c1-10-3-6-15(11(2)7-10)21-17(23)20-9-16(22)12-4-5-13(18)14(19)8-12/h3-8,16,22H,9H2,1-2H3,(H2,20,21,23)/t16-/m0/s1. The molecule has 0 bridgehead atoms. The fraction of sp³-hybridized carbons (Fsp3) is 0.235. The van der Waals surface area contributed by atoms with Crippen molar-refractivity contribution in [2.75, 3.05) is 11.9 Å². The normalized spacial score (nSPS) is 11.9. The molecule has 122 valence electrons. The SMILES string of the molecule is Cc1ccc(NC(=O)NC[C@H](O)c2ccc(F)c(F)c2)c(C)c1. The molecule has 2 rings (SSSR count). The largest absolute Gasteiger partial charge is 0.387 e. The van der Waals surface area contributed by atoms with Crippen LogP contribution in [0, 0.1) is 25.5 Å². The number of amides is 2. The Morgan fingerprint density at radius 1 is 1.13 bits per heavy atom. The number of aryl methyl sites for hydroxylation is 2. The minimum absolute atomic E-state index is 0.123. The summed E-state index contributed by atoms with van der Waals surface area (Å²) in [5.41, 5.74) is 2.86. The molecular formula is C17H18F2N2O2. The van der Waals surface area contributed by atoms with Gasteiger partial charge in [-0.25, -0.2) is 13.6 Å². The van der Waals surface area contributed by atoms with Crippen LogP contribution in [0.5, 0.6) is 0 Å². The van der Waals surface area contributed by atoms with Gasteiger partial charge in [0, 0.05) is 12.2 Å². The summed E-state index contributed by atoms with van der Waals surface area (Å²) in [4.78, 5) is 11.8. The molecule has 0 saturated heterocycles. The van der Waals surface area contributed by atoms with Crippen LogP contribution >= 0.6 is 0 Å². The van der Waals surface area contributed by atoms with Crippen molar-refractivity contribution >= 4 is 11.7 Å². The number of nitrogens with one attached hydrogen (secondary N) is 2. The molecule has 0 aliphatic carbocycles. The first-order valence-corrected chi connectivity index (χ1v) is 7.12. The number of benzene rings is 2. The van der Waals surface area contributed by atoms with Crippen LogP contribution in [0.25, 0.3) is 0 Å². The number of carbonyl (C=O) groups is 1. The number of carbonyl (C=O) groups excluding carboxylic acids is 1. The van der Waals surface area contributed by atoms with Gasteiger partial charge in [-0.05, 0) is 43.2 Å². The van der Waals surface area contributed by atoms with E-state index in [4.69, 9.17) is 0 Å². The molecule has 1 atom stereocenters. The first-order chi connectivity index (χ1) is 10.9. The maximum atomic E-state index is 13.1. The van der Waals surface area contributed by atoms with E-state index in [1.54, 1.807) is 6.07 Å². The third-order valence-corrected chi connectivity index (χ3v) is 3.41. The number of anilines is 1. The molecule has 0 aromatic heterocycles. The van der Waals surface area contributed by atoms with Crippen molar-refractivity contribution in [3.63, 3.8) is 0 Å². The van der Waals surface area contributed by atoms with E-state index in [0.29, 0.717) is 5.69 Å². The van der Waals surface area contributed by atoms with Gasteiger partial charge in [-0.3, -0.25) is 0 Å². The lowest BCUT2D eigenvalue weighted by Crippen LogP contribution is -2.32. The van der Waals surface area contributed by atoms with Gasteiger partial charge in [-0.15, -0.1) is 0 Å². The van der Waals surface area contributed by atoms with E-state index >= 15 is 0 Å². The third-order valence-electron chi connectivity index (χ3n) is 3.41. The van der Waals surface area contributed by atoms with Crippen molar-refractivity contribution in [1.82, 2.24) is 5.32 Å². The fourth-order valence-corrected chi connectivity index (χ4v) is 2.15. The number of aliphatic hydroxyl groups excluding tert-OH is 1. The molecule has 2 aromatic rings. The highest BCUT2D eigenvalue weighted by Gasteiger charge is 2.12. The van der Waals surface area contributed by atoms with Gasteiger partial charge in [-0.1, -0.05) is 23.8 Å². The highest BCUT2D eigenvalue weighted by Crippen LogP contribution is 2.17. The molecule has 0 radical (unpaired) electrons. The molecular weight excluding hydrogens is 302 g/mol. The van der Waals surface area contributed by atoms with Crippen molar-refractivity contribution in [1.29, 1.82) is 0 Å². The van der Waals surface area contributed by atoms with Crippen LogP contribution in [0.15, 0.2) is 36.4 Å². The Kier molecular flexibility index (Phi) is 5.28. The molecule has 2 amide bonds. The molecule has 0 aliphatic heterocycles. The second-order valence-corrected chi connectivity index (χ2v) is 5.34. The summed E-state index contributed by atoms with van der Waals surface area (Å²) in [6, 6.07) is 8.22. The van der Waals surface area contributed by atoms with Crippen LogP contribution in [0.2, 0.25) is 0 Å². The van der Waals surface area contributed by atoms with Gasteiger partial charge in [0.25, 0.3) is 0 Å². The number of urea groups is 1. The summed E-state index contributed by atoms with van der Waals surface area (Å²) in [5.74, 6) is -2.03. The number of rotatable bonds is 4. The van der Waals surface area contributed by atoms with Crippen LogP contribution in [-0.2, 0) is 0 Å². The zero-order valence-electron chi connectivity index (χ0n) is 12.9. The number of hydrogen-bond acceptors (Lipinski definition) is 2. The van der Waals surface area contributed by atoms with Crippen molar-refractivity contribution in [2.45, 2.75) is 20.0 Å². The van der Waals surface area contributed by atoms with E-state index in [9.17, 15) is 18.7 Å². The molecule has 0 spiro atoms. The monoisotopic (exact) mass is 320 g/mol. The predicted molar refractivity (Wildman–Crippen MR) is 84.3 cm³/mol. The fourth-order valence-electron chi connectivity index (χ4n) is 2.15. The summed E-state index contributed by atoms with van der Waals surface area (Å²) in [7, 11) is 0. The van der Waals surface area contributed by atoms with Gasteiger partial charge in [0.2, 0.25) is 0 Å². The smallest absolute Gasteiger partial charge is 0.319 e. The lowest BCUT2D eigenvalue weighted by atomic mass is 10.1. The Morgan fingerprint density at radius 3 is 2.52 bits per heavy atom. The van der Waals surface area contributed by atoms with Gasteiger partial charge in [0.1, 0.15) is 0 Å². The van der Waals surface area contributed by atoms with Gasteiger partial charge < -0.3 is 15.7 Å². The van der Waals surface area contributed by atoms with Gasteiger partial charge in [0.15, 0.2) is 11.6 Å². The number of halogens is 2. The molecule has 0 heterocycles. The minimum Gasteiger partial charge on any atom is -0.387 e. The molecule has 4 nitrogen and oxygen atoms in total. The Balaban J connectivity index is 1.91. The summed E-state index contributed by atoms with van der Waals surface area (Å²) < 4.78 is 26.0. The van der Waals surface area contributed by atoms with E-state index in [-0.39, 0.29) is 12.1 Å². The minimum atomic E-state index is -1.13. The van der Waals surface area contributed by atoms with Crippen LogP contribution in [0.4, 0.5) is 19.3 Å². The van der Waals surface area contributed by atoms with Crippen molar-refractivity contribution in [3.8, 4) is 0 Å². The van der Waals surface area contributed by atoms with Crippen LogP contribution in [-0.4, -0.2) is 17.7 Å². The molecule has 2 aromatic carbocycles. The summed E-state index contributed by atoms with van der Waals surface area (Å²) >= 11 is 0. The Labute approximate surface area is 133 Å². The van der Waals surface area contributed by atoms with Crippen molar-refractivity contribution in [2.24, 2.45) is 0 Å². The van der Waals surface area contributed by atoms with E-state index in [2.05, 4.69) is 10.6 Å². The molecule has 0 saturated carbocycles. The Bertz CT molecular complexity index is 720. The quantitative estimate of drug-likeness (QED) is 0.808. The maximum Gasteiger partial charge on any atom is 0.319 e. The average Bonchev–Trinajstić information content (AvgIpc) is 2.50. The lowest BCUT2D eigenvalue weighted by Gasteiger charge is -2.14. The third kappa shape index (κ3) is 4.50. The van der Waals surface area contributed by atoms with E-state index in [1.165, 1.54) is 6.07 Å². The van der Waals surface area contributed by atoms with E-state index in [0.717, 1.165) is 23.3 Å². The second-order valence-electron chi connectivity index (χ2n) is 5.34. The zero-order valence-corrected chi connectivity index (χ0v) is 12.9. The topological polar surface area (TPSA) is 61.4 Å². The van der Waals surface area contributed by atoms with Gasteiger partial charge in [-0.2, -0.15) is 0 Å². The second kappa shape index (κ2) is 7.19. The predicted octanol–water partition coefficient (Wildman–Crippen LogP) is 3.44. The summed E-state index contributed by atoms with van der Waals surface area (Å²) in [5, 5.41) is 15.1. The Hall–Kier alpha value is -2.47. The first kappa shape index (κ1) is 16.9. The van der Waals surface area contributed by atoms with E-state index < -0.39 is 23.8 Å². The van der Waals surface area contributed by atoms with Gasteiger partial charge >= 0.3 is 6.03 Å². The molecule has 6 heteroatoms. The molecule has 0 aliphatic rings. The summed E-state index contributed by atoms with van der Waals surface area (Å²) in [6.07, 6.45) is -1.13. The van der Waals surface area contributed by atoms with Gasteiger partial charge in [0.05, 0.1) is 6.10 Å². The zero-order chi connectivity index (χ0) is 17.0. The molecule has 3 N–H and O–H groups in total. The highest BCUT2D eigenvalue weighted by molar-refractivity contribution is 5.90. The van der Waals surface area contributed by atoms with Crippen LogP contribution in [0.1, 0.15) is 22.8 Å². The number of aliphatic hydroxyl groups is 1. The molecule has 23 heavy (non-hydrogen) atoms. The lowest BCUT2D eigenvalue weighted by molar-refractivity contribution is 0.174. The Morgan fingerprint density at radius 2 is 1.87 bits per heavy atom. The van der Waals surface area contributed by atoms with E-state index in [1.807, 2.05) is 26.0 Å². The van der Waals surface area contributed by atoms with Crippen molar-refractivity contribution in [3.05, 3.63) is 64.7 Å². The summed E-state index contributed by atoms with van der Waals surface area (Å²) in [6.45, 7) is 3.70. The number of hydrogen-bond donors (Lipinski definition) is 3. The first-order valence-electron chi connectivity index (χ1n) is 7.12. The highest BCUT2D eigenvalue weighted by atomic mass is 19.2. The maximum absolute atomic E-state index is 13.1. The van der Waals surface area contributed by atoms with Crippen LogP contribution in [0.3, 0.4) is 0 Å². The molecule has 0 fully saturated rings.